The highest BCUT2D eigenvalue weighted by molar-refractivity contribution is 7.16. The van der Waals surface area contributed by atoms with Gasteiger partial charge in [0.15, 0.2) is 0 Å². The summed E-state index contributed by atoms with van der Waals surface area (Å²) in [5.41, 5.74) is 8.14. The van der Waals surface area contributed by atoms with E-state index in [2.05, 4.69) is 4.90 Å². The molecule has 0 amide bonds. The first-order valence-corrected chi connectivity index (χ1v) is 7.86. The molecule has 0 saturated heterocycles. The van der Waals surface area contributed by atoms with E-state index >= 15 is 0 Å². The Morgan fingerprint density at radius 2 is 2.23 bits per heavy atom. The zero-order valence-electron chi connectivity index (χ0n) is 12.3. The van der Waals surface area contributed by atoms with Gasteiger partial charge in [0, 0.05) is 30.1 Å². The van der Waals surface area contributed by atoms with Crippen LogP contribution in [0.2, 0.25) is 0 Å². The third kappa shape index (κ3) is 2.71. The van der Waals surface area contributed by atoms with E-state index in [-0.39, 0.29) is 11.8 Å². The number of carbonyl (C=O) groups is 1. The molecule has 0 unspecified atom stereocenters. The topological polar surface area (TPSA) is 55.6 Å². The van der Waals surface area contributed by atoms with Gasteiger partial charge in [-0.15, -0.1) is 11.3 Å². The van der Waals surface area contributed by atoms with Gasteiger partial charge in [-0.2, -0.15) is 0 Å². The van der Waals surface area contributed by atoms with Crippen molar-refractivity contribution in [3.63, 3.8) is 0 Å². The lowest BCUT2D eigenvalue weighted by Crippen LogP contribution is -2.30. The maximum absolute atomic E-state index is 13.8. The first kappa shape index (κ1) is 15.0. The second kappa shape index (κ2) is 6.06. The zero-order valence-corrected chi connectivity index (χ0v) is 13.1. The van der Waals surface area contributed by atoms with E-state index < -0.39 is 0 Å². The van der Waals surface area contributed by atoms with Gasteiger partial charge in [0.05, 0.1) is 12.7 Å². The SMILES string of the molecule is COC(=O)c1c(N)sc2c1CCN(Cc1ccccc1F)C2. The Balaban J connectivity index is 1.80. The molecule has 1 aromatic carbocycles. The van der Waals surface area contributed by atoms with Crippen LogP contribution in [0.15, 0.2) is 24.3 Å². The van der Waals surface area contributed by atoms with Crippen LogP contribution >= 0.6 is 11.3 Å². The van der Waals surface area contributed by atoms with Crippen molar-refractivity contribution in [2.24, 2.45) is 0 Å². The summed E-state index contributed by atoms with van der Waals surface area (Å²) in [6.45, 7) is 1.99. The first-order chi connectivity index (χ1) is 10.6. The lowest BCUT2D eigenvalue weighted by molar-refractivity contribution is 0.0600. The lowest BCUT2D eigenvalue weighted by Gasteiger charge is -2.27. The van der Waals surface area contributed by atoms with Gasteiger partial charge in [-0.25, -0.2) is 9.18 Å². The minimum Gasteiger partial charge on any atom is -0.465 e. The van der Waals surface area contributed by atoms with Crippen LogP contribution < -0.4 is 5.73 Å². The number of rotatable bonds is 3. The summed E-state index contributed by atoms with van der Waals surface area (Å²) in [5.74, 6) is -0.563. The Bertz CT molecular complexity index is 714. The van der Waals surface area contributed by atoms with E-state index in [1.165, 1.54) is 24.5 Å². The number of halogens is 1. The first-order valence-electron chi connectivity index (χ1n) is 7.04. The number of nitrogens with two attached hydrogens (primary N) is 1. The second-order valence-electron chi connectivity index (χ2n) is 5.29. The number of hydrogen-bond acceptors (Lipinski definition) is 5. The molecule has 2 heterocycles. The predicted octanol–water partition coefficient (Wildman–Crippen LogP) is 2.81. The van der Waals surface area contributed by atoms with Gasteiger partial charge >= 0.3 is 5.97 Å². The average Bonchev–Trinajstić information content (AvgIpc) is 2.84. The lowest BCUT2D eigenvalue weighted by atomic mass is 10.0. The molecule has 0 fully saturated rings. The second-order valence-corrected chi connectivity index (χ2v) is 6.42. The van der Waals surface area contributed by atoms with Crippen molar-refractivity contribution in [1.29, 1.82) is 0 Å². The standard InChI is InChI=1S/C16H17FN2O2S/c1-21-16(20)14-11-6-7-19(9-13(11)22-15(14)18)8-10-4-2-3-5-12(10)17/h2-5H,6-9,18H2,1H3. The molecule has 0 bridgehead atoms. The Labute approximate surface area is 132 Å². The van der Waals surface area contributed by atoms with Crippen molar-refractivity contribution in [2.75, 3.05) is 19.4 Å². The van der Waals surface area contributed by atoms with Gasteiger partial charge in [-0.1, -0.05) is 18.2 Å². The number of ether oxygens (including phenoxy) is 1. The summed E-state index contributed by atoms with van der Waals surface area (Å²) in [4.78, 5) is 15.1. The molecule has 0 radical (unpaired) electrons. The highest BCUT2D eigenvalue weighted by Gasteiger charge is 2.27. The van der Waals surface area contributed by atoms with Crippen LogP contribution in [0.3, 0.4) is 0 Å². The van der Waals surface area contributed by atoms with E-state index in [0.29, 0.717) is 29.2 Å². The number of thiophene rings is 1. The summed E-state index contributed by atoms with van der Waals surface area (Å²) in [5, 5.41) is 0.504. The smallest absolute Gasteiger partial charge is 0.341 e. The van der Waals surface area contributed by atoms with Gasteiger partial charge in [-0.05, 0) is 18.1 Å². The summed E-state index contributed by atoms with van der Waals surface area (Å²) in [6.07, 6.45) is 0.724. The largest absolute Gasteiger partial charge is 0.465 e. The van der Waals surface area contributed by atoms with Gasteiger partial charge in [0.2, 0.25) is 0 Å². The molecule has 0 atom stereocenters. The molecule has 1 aliphatic heterocycles. The summed E-state index contributed by atoms with van der Waals surface area (Å²) in [6, 6.07) is 6.80. The number of benzene rings is 1. The fourth-order valence-corrected chi connectivity index (χ4v) is 3.95. The number of anilines is 1. The number of esters is 1. The minimum atomic E-state index is -0.377. The van der Waals surface area contributed by atoms with Crippen LogP contribution in [0.25, 0.3) is 0 Å². The number of hydrogen-bond donors (Lipinski definition) is 1. The normalized spacial score (nSPS) is 14.6. The molecule has 0 aliphatic carbocycles. The molecule has 0 spiro atoms. The van der Waals surface area contributed by atoms with E-state index in [1.54, 1.807) is 12.1 Å². The minimum absolute atomic E-state index is 0.186. The number of fused-ring (bicyclic) bond motifs is 1. The fraction of sp³-hybridized carbons (Fsp3) is 0.312. The van der Waals surface area contributed by atoms with Gasteiger partial charge < -0.3 is 10.5 Å². The number of carbonyl (C=O) groups excluding carboxylic acids is 1. The summed E-state index contributed by atoms with van der Waals surface area (Å²) < 4.78 is 18.6. The van der Waals surface area contributed by atoms with Crippen molar-refractivity contribution < 1.29 is 13.9 Å². The molecule has 2 N–H and O–H groups in total. The van der Waals surface area contributed by atoms with Crippen molar-refractivity contribution in [1.82, 2.24) is 4.90 Å². The van der Waals surface area contributed by atoms with Crippen LogP contribution in [0.5, 0.6) is 0 Å². The quantitative estimate of drug-likeness (QED) is 0.884. The highest BCUT2D eigenvalue weighted by atomic mass is 32.1. The third-order valence-corrected chi connectivity index (χ3v) is 4.95. The van der Waals surface area contributed by atoms with E-state index in [0.717, 1.165) is 23.4 Å². The molecule has 0 saturated carbocycles. The van der Waals surface area contributed by atoms with Crippen molar-refractivity contribution in [3.05, 3.63) is 51.7 Å². The molecule has 22 heavy (non-hydrogen) atoms. The number of nitrogens with zero attached hydrogens (tertiary/aromatic N) is 1. The molecular weight excluding hydrogens is 303 g/mol. The van der Waals surface area contributed by atoms with E-state index in [4.69, 9.17) is 10.5 Å². The fourth-order valence-electron chi connectivity index (χ4n) is 2.81. The van der Waals surface area contributed by atoms with E-state index in [1.807, 2.05) is 6.07 Å². The molecule has 1 aliphatic rings. The predicted molar refractivity (Wildman–Crippen MR) is 84.3 cm³/mol. The molecule has 2 aromatic rings. The maximum atomic E-state index is 13.8. The van der Waals surface area contributed by atoms with Gasteiger partial charge in [0.25, 0.3) is 0 Å². The number of methoxy groups -OCH3 is 1. The van der Waals surface area contributed by atoms with Gasteiger partial charge in [0.1, 0.15) is 10.8 Å². The Kier molecular flexibility index (Phi) is 4.13. The van der Waals surface area contributed by atoms with Crippen molar-refractivity contribution in [2.45, 2.75) is 19.5 Å². The average molecular weight is 320 g/mol. The Hall–Kier alpha value is -1.92. The zero-order chi connectivity index (χ0) is 15.7. The van der Waals surface area contributed by atoms with Crippen LogP contribution in [0.1, 0.15) is 26.4 Å². The molecule has 3 rings (SSSR count). The van der Waals surface area contributed by atoms with Crippen LogP contribution in [-0.4, -0.2) is 24.5 Å². The maximum Gasteiger partial charge on any atom is 0.341 e. The monoisotopic (exact) mass is 320 g/mol. The van der Waals surface area contributed by atoms with Crippen LogP contribution in [0.4, 0.5) is 9.39 Å². The van der Waals surface area contributed by atoms with Crippen LogP contribution in [0, 0.1) is 5.82 Å². The molecule has 1 aromatic heterocycles. The molecular formula is C16H17FN2O2S. The molecule has 6 heteroatoms. The summed E-state index contributed by atoms with van der Waals surface area (Å²) in [7, 11) is 1.36. The van der Waals surface area contributed by atoms with Gasteiger partial charge in [-0.3, -0.25) is 4.90 Å². The number of nitrogen functional groups attached to an aromatic ring is 1. The Morgan fingerprint density at radius 1 is 1.45 bits per heavy atom. The summed E-state index contributed by atoms with van der Waals surface area (Å²) >= 11 is 1.42. The van der Waals surface area contributed by atoms with Crippen molar-refractivity contribution in [3.8, 4) is 0 Å². The third-order valence-electron chi connectivity index (χ3n) is 3.90. The molecule has 4 nitrogen and oxygen atoms in total. The van der Waals surface area contributed by atoms with Crippen LogP contribution in [-0.2, 0) is 24.2 Å². The Morgan fingerprint density at radius 3 is 2.95 bits per heavy atom. The van der Waals surface area contributed by atoms with E-state index in [9.17, 15) is 9.18 Å². The van der Waals surface area contributed by atoms with Crippen molar-refractivity contribution >= 4 is 22.3 Å². The highest BCUT2D eigenvalue weighted by Crippen LogP contribution is 2.35. The molecule has 116 valence electrons.